The summed E-state index contributed by atoms with van der Waals surface area (Å²) in [7, 11) is 0. The topological polar surface area (TPSA) is 45.5 Å². The van der Waals surface area contributed by atoms with E-state index in [9.17, 15) is 0 Å². The van der Waals surface area contributed by atoms with Crippen molar-refractivity contribution in [2.75, 3.05) is 31.1 Å². The van der Waals surface area contributed by atoms with Crippen LogP contribution in [0.2, 0.25) is 0 Å². The van der Waals surface area contributed by atoms with Crippen LogP contribution in [0.5, 0.6) is 0 Å². The van der Waals surface area contributed by atoms with Gasteiger partial charge >= 0.3 is 0 Å². The fourth-order valence-electron chi connectivity index (χ4n) is 2.08. The van der Waals surface area contributed by atoms with Gasteiger partial charge in [-0.15, -0.1) is 0 Å². The van der Waals surface area contributed by atoms with Crippen molar-refractivity contribution >= 4 is 11.3 Å². The van der Waals surface area contributed by atoms with Crippen LogP contribution in [0.1, 0.15) is 19.5 Å². The summed E-state index contributed by atoms with van der Waals surface area (Å²) >= 11 is 0. The van der Waals surface area contributed by atoms with Crippen LogP contribution >= 0.6 is 0 Å². The first-order valence-electron chi connectivity index (χ1n) is 6.53. The van der Waals surface area contributed by atoms with E-state index in [4.69, 9.17) is 0 Å². The number of fused-ring (bicyclic) bond motifs is 1. The average molecular weight is 247 g/mol. The summed E-state index contributed by atoms with van der Waals surface area (Å²) in [6.45, 7) is 10.2. The second-order valence-corrected chi connectivity index (χ2v) is 4.30. The lowest BCUT2D eigenvalue weighted by molar-refractivity contribution is 0.683. The molecule has 0 aromatic carbocycles. The third-order valence-corrected chi connectivity index (χ3v) is 2.98. The van der Waals surface area contributed by atoms with E-state index in [1.54, 1.807) is 0 Å². The molecule has 0 aliphatic carbocycles. The van der Waals surface area contributed by atoms with Crippen LogP contribution in [0.3, 0.4) is 0 Å². The molecule has 2 heterocycles. The smallest absolute Gasteiger partial charge is 0.154 e. The van der Waals surface area contributed by atoms with E-state index in [1.807, 2.05) is 23.8 Å². The predicted molar refractivity (Wildman–Crippen MR) is 74.2 cm³/mol. The zero-order chi connectivity index (χ0) is 13.0. The molecule has 0 amide bonds. The molecule has 0 fully saturated rings. The van der Waals surface area contributed by atoms with Gasteiger partial charge in [0.25, 0.3) is 0 Å². The van der Waals surface area contributed by atoms with E-state index in [2.05, 4.69) is 40.2 Å². The van der Waals surface area contributed by atoms with Crippen molar-refractivity contribution in [3.8, 4) is 0 Å². The number of nitrogens with one attached hydrogen (secondary N) is 1. The lowest BCUT2D eigenvalue weighted by Gasteiger charge is -2.22. The van der Waals surface area contributed by atoms with Crippen LogP contribution in [-0.2, 0) is 0 Å². The maximum absolute atomic E-state index is 4.51. The van der Waals surface area contributed by atoms with Crippen molar-refractivity contribution in [2.24, 2.45) is 0 Å². The molecular formula is C13H21N5. The Bertz CT molecular complexity index is 505. The van der Waals surface area contributed by atoms with Crippen molar-refractivity contribution in [3.63, 3.8) is 0 Å². The molecule has 0 spiro atoms. The van der Waals surface area contributed by atoms with Crippen molar-refractivity contribution < 1.29 is 0 Å². The lowest BCUT2D eigenvalue weighted by atomic mass is 10.3. The maximum Gasteiger partial charge on any atom is 0.154 e. The van der Waals surface area contributed by atoms with Gasteiger partial charge < -0.3 is 10.2 Å². The molecule has 0 aliphatic heterocycles. The Morgan fingerprint density at radius 3 is 2.94 bits per heavy atom. The highest BCUT2D eigenvalue weighted by Gasteiger charge is 2.11. The largest absolute Gasteiger partial charge is 0.354 e. The molecule has 0 radical (unpaired) electrons. The normalized spacial score (nSPS) is 11.1. The van der Waals surface area contributed by atoms with Crippen LogP contribution in [0.25, 0.3) is 5.52 Å². The average Bonchev–Trinajstić information content (AvgIpc) is 2.75. The first kappa shape index (κ1) is 12.8. The van der Waals surface area contributed by atoms with Gasteiger partial charge in [0.15, 0.2) is 5.82 Å². The molecule has 0 unspecified atom stereocenters. The summed E-state index contributed by atoms with van der Waals surface area (Å²) in [5, 5.41) is 7.77. The molecule has 5 heteroatoms. The molecule has 0 saturated heterocycles. The quantitative estimate of drug-likeness (QED) is 0.785. The van der Waals surface area contributed by atoms with E-state index in [1.165, 1.54) is 0 Å². The summed E-state index contributed by atoms with van der Waals surface area (Å²) in [5.74, 6) is 1.01. The minimum atomic E-state index is 0.947. The highest BCUT2D eigenvalue weighted by atomic mass is 15.3. The summed E-state index contributed by atoms with van der Waals surface area (Å²) in [6.07, 6.45) is 3.70. The zero-order valence-electron chi connectivity index (χ0n) is 11.3. The highest BCUT2D eigenvalue weighted by molar-refractivity contribution is 5.69. The maximum atomic E-state index is 4.51. The van der Waals surface area contributed by atoms with Crippen LogP contribution in [0, 0.1) is 6.92 Å². The van der Waals surface area contributed by atoms with E-state index >= 15 is 0 Å². The second kappa shape index (κ2) is 5.82. The molecule has 2 rings (SSSR count). The van der Waals surface area contributed by atoms with Gasteiger partial charge in [-0.25, -0.2) is 9.50 Å². The number of anilines is 1. The summed E-state index contributed by atoms with van der Waals surface area (Å²) in [6, 6.07) is 2.08. The number of aromatic nitrogens is 3. The van der Waals surface area contributed by atoms with Gasteiger partial charge in [-0.2, -0.15) is 5.10 Å². The number of hydrogen-bond acceptors (Lipinski definition) is 4. The molecule has 2 aromatic rings. The monoisotopic (exact) mass is 247 g/mol. The SMILES string of the molecule is CCNCCN(CC)c1nccn2nc(C)cc12. The predicted octanol–water partition coefficient (Wildman–Crippen LogP) is 1.47. The highest BCUT2D eigenvalue weighted by Crippen LogP contribution is 2.18. The van der Waals surface area contributed by atoms with Crippen molar-refractivity contribution in [3.05, 3.63) is 24.2 Å². The fraction of sp³-hybridized carbons (Fsp3) is 0.538. The van der Waals surface area contributed by atoms with Crippen LogP contribution in [0.15, 0.2) is 18.5 Å². The molecule has 0 bridgehead atoms. The summed E-state index contributed by atoms with van der Waals surface area (Å²) in [4.78, 5) is 6.78. The van der Waals surface area contributed by atoms with Gasteiger partial charge in [-0.1, -0.05) is 6.92 Å². The first-order chi connectivity index (χ1) is 8.76. The number of hydrogen-bond donors (Lipinski definition) is 1. The van der Waals surface area contributed by atoms with Gasteiger partial charge in [0.1, 0.15) is 5.52 Å². The number of nitrogens with zero attached hydrogens (tertiary/aromatic N) is 4. The van der Waals surface area contributed by atoms with Gasteiger partial charge in [0.2, 0.25) is 0 Å². The minimum Gasteiger partial charge on any atom is -0.354 e. The lowest BCUT2D eigenvalue weighted by Crippen LogP contribution is -2.32. The van der Waals surface area contributed by atoms with Crippen LogP contribution in [-0.4, -0.2) is 40.8 Å². The van der Waals surface area contributed by atoms with Crippen LogP contribution in [0.4, 0.5) is 5.82 Å². The molecule has 18 heavy (non-hydrogen) atoms. The van der Waals surface area contributed by atoms with E-state index < -0.39 is 0 Å². The Hall–Kier alpha value is -1.62. The molecule has 98 valence electrons. The van der Waals surface area contributed by atoms with Crippen LogP contribution < -0.4 is 10.2 Å². The minimum absolute atomic E-state index is 0.947. The first-order valence-corrected chi connectivity index (χ1v) is 6.53. The molecule has 2 aromatic heterocycles. The van der Waals surface area contributed by atoms with E-state index in [0.29, 0.717) is 0 Å². The van der Waals surface area contributed by atoms with Gasteiger partial charge in [-0.05, 0) is 26.5 Å². The van der Waals surface area contributed by atoms with E-state index in [0.717, 1.165) is 43.2 Å². The van der Waals surface area contributed by atoms with Gasteiger partial charge in [0.05, 0.1) is 5.69 Å². The van der Waals surface area contributed by atoms with Gasteiger partial charge in [-0.3, -0.25) is 0 Å². The zero-order valence-corrected chi connectivity index (χ0v) is 11.3. The number of likely N-dealkylation sites (N-methyl/N-ethyl adjacent to an activating group) is 2. The molecule has 0 saturated carbocycles. The fourth-order valence-corrected chi connectivity index (χ4v) is 2.08. The Morgan fingerprint density at radius 1 is 1.39 bits per heavy atom. The summed E-state index contributed by atoms with van der Waals surface area (Å²) < 4.78 is 1.90. The van der Waals surface area contributed by atoms with Crippen molar-refractivity contribution in [1.82, 2.24) is 19.9 Å². The summed E-state index contributed by atoms with van der Waals surface area (Å²) in [5.41, 5.74) is 2.10. The third kappa shape index (κ3) is 2.61. The molecule has 1 N–H and O–H groups in total. The van der Waals surface area contributed by atoms with E-state index in [-0.39, 0.29) is 0 Å². The standard InChI is InChI=1S/C13H21N5/c1-4-14-6-8-17(5-2)13-12-10-11(3)16-18(12)9-7-15-13/h7,9-10,14H,4-6,8H2,1-3H3. The molecule has 0 aliphatic rings. The molecule has 0 atom stereocenters. The molecular weight excluding hydrogens is 226 g/mol. The molecule has 5 nitrogen and oxygen atoms in total. The van der Waals surface area contributed by atoms with Crippen molar-refractivity contribution in [2.45, 2.75) is 20.8 Å². The Kier molecular flexibility index (Phi) is 4.15. The Morgan fingerprint density at radius 2 is 2.22 bits per heavy atom. The van der Waals surface area contributed by atoms with Gasteiger partial charge in [0, 0.05) is 32.0 Å². The number of rotatable bonds is 6. The second-order valence-electron chi connectivity index (χ2n) is 4.30. The Labute approximate surface area is 108 Å². The Balaban J connectivity index is 2.26. The van der Waals surface area contributed by atoms with Crippen molar-refractivity contribution in [1.29, 1.82) is 0 Å². The number of aryl methyl sites for hydroxylation is 1. The third-order valence-electron chi connectivity index (χ3n) is 2.98.